The largest absolute Gasteiger partial charge is 0.397 e. The first-order valence-electron chi connectivity index (χ1n) is 6.10. The minimum absolute atomic E-state index is 0.416. The van der Waals surface area contributed by atoms with Gasteiger partial charge in [-0.3, -0.25) is 4.98 Å². The van der Waals surface area contributed by atoms with Gasteiger partial charge in [0.05, 0.1) is 27.3 Å². The molecule has 0 aromatic carbocycles. The van der Waals surface area contributed by atoms with Crippen molar-refractivity contribution >= 4 is 33.4 Å². The molecule has 2 aromatic rings. The van der Waals surface area contributed by atoms with E-state index in [1.54, 1.807) is 12.4 Å². The highest BCUT2D eigenvalue weighted by atomic mass is 79.9. The summed E-state index contributed by atoms with van der Waals surface area (Å²) in [4.78, 5) is 4.94. The van der Waals surface area contributed by atoms with E-state index in [2.05, 4.69) is 36.4 Å². The normalized spacial score (nSPS) is 16.1. The summed E-state index contributed by atoms with van der Waals surface area (Å²) in [7, 11) is 0. The summed E-state index contributed by atoms with van der Waals surface area (Å²) in [6.45, 7) is 0. The number of tetrazole rings is 1. The Morgan fingerprint density at radius 2 is 2.11 bits per heavy atom. The summed E-state index contributed by atoms with van der Waals surface area (Å²) in [6, 6.07) is 0.416. The van der Waals surface area contributed by atoms with Crippen molar-refractivity contribution in [2.45, 2.75) is 41.8 Å². The lowest BCUT2D eigenvalue weighted by atomic mass is 10.3. The van der Waals surface area contributed by atoms with Gasteiger partial charge in [-0.15, -0.1) is 5.10 Å². The molecular formula is C11H13BrN6S. The van der Waals surface area contributed by atoms with Crippen LogP contribution in [0.2, 0.25) is 0 Å². The molecule has 0 aliphatic heterocycles. The van der Waals surface area contributed by atoms with E-state index in [0.29, 0.717) is 11.7 Å². The maximum absolute atomic E-state index is 5.95. The molecule has 2 aromatic heterocycles. The van der Waals surface area contributed by atoms with Crippen LogP contribution in [0.1, 0.15) is 31.7 Å². The Morgan fingerprint density at radius 1 is 1.32 bits per heavy atom. The standard InChI is InChI=1S/C11H13BrN6S/c12-8-5-14-6-9(13)10(8)19-11-15-16-17-18(11)7-3-1-2-4-7/h5-7H,1-4,13H2. The Kier molecular flexibility index (Phi) is 3.69. The highest BCUT2D eigenvalue weighted by Gasteiger charge is 2.22. The average Bonchev–Trinajstić information content (AvgIpc) is 3.04. The second-order valence-electron chi connectivity index (χ2n) is 4.49. The molecule has 1 aliphatic rings. The van der Waals surface area contributed by atoms with Crippen molar-refractivity contribution in [2.24, 2.45) is 0 Å². The molecule has 8 heteroatoms. The molecular weight excluding hydrogens is 328 g/mol. The van der Waals surface area contributed by atoms with Crippen molar-refractivity contribution in [3.05, 3.63) is 16.9 Å². The van der Waals surface area contributed by atoms with Crippen molar-refractivity contribution < 1.29 is 0 Å². The number of nitrogen functional groups attached to an aromatic ring is 1. The third-order valence-electron chi connectivity index (χ3n) is 3.21. The fourth-order valence-corrected chi connectivity index (χ4v) is 3.72. The predicted molar refractivity (Wildman–Crippen MR) is 75.8 cm³/mol. The summed E-state index contributed by atoms with van der Waals surface area (Å²) in [6.07, 6.45) is 8.14. The van der Waals surface area contributed by atoms with Crippen molar-refractivity contribution in [1.82, 2.24) is 25.2 Å². The minimum Gasteiger partial charge on any atom is -0.397 e. The summed E-state index contributed by atoms with van der Waals surface area (Å²) < 4.78 is 2.78. The number of nitrogens with zero attached hydrogens (tertiary/aromatic N) is 5. The number of pyridine rings is 1. The molecule has 1 aliphatic carbocycles. The molecule has 0 radical (unpaired) electrons. The fraction of sp³-hybridized carbons (Fsp3) is 0.455. The molecule has 0 atom stereocenters. The van der Waals surface area contributed by atoms with Gasteiger partial charge in [0.25, 0.3) is 0 Å². The molecule has 6 nitrogen and oxygen atoms in total. The first kappa shape index (κ1) is 12.9. The van der Waals surface area contributed by atoms with Crippen molar-refractivity contribution in [3.63, 3.8) is 0 Å². The second kappa shape index (κ2) is 5.46. The van der Waals surface area contributed by atoms with E-state index >= 15 is 0 Å². The molecule has 1 saturated carbocycles. The van der Waals surface area contributed by atoms with Crippen LogP contribution in [0.5, 0.6) is 0 Å². The van der Waals surface area contributed by atoms with Gasteiger partial charge in [-0.1, -0.05) is 12.8 Å². The average molecular weight is 341 g/mol. The van der Waals surface area contributed by atoms with Gasteiger partial charge in [-0.25, -0.2) is 4.68 Å². The number of hydrogen-bond donors (Lipinski definition) is 1. The number of nitrogens with two attached hydrogens (primary N) is 1. The Labute approximate surface area is 123 Å². The van der Waals surface area contributed by atoms with Crippen LogP contribution < -0.4 is 5.73 Å². The van der Waals surface area contributed by atoms with Gasteiger partial charge in [0.1, 0.15) is 0 Å². The topological polar surface area (TPSA) is 82.5 Å². The van der Waals surface area contributed by atoms with Gasteiger partial charge >= 0.3 is 0 Å². The molecule has 2 N–H and O–H groups in total. The summed E-state index contributed by atoms with van der Waals surface area (Å²) in [5, 5.41) is 12.8. The van der Waals surface area contributed by atoms with E-state index in [1.165, 1.54) is 24.6 Å². The van der Waals surface area contributed by atoms with Crippen LogP contribution in [0.15, 0.2) is 26.9 Å². The van der Waals surface area contributed by atoms with E-state index in [9.17, 15) is 0 Å². The van der Waals surface area contributed by atoms with Crippen molar-refractivity contribution in [2.75, 3.05) is 5.73 Å². The lowest BCUT2D eigenvalue weighted by Gasteiger charge is -2.11. The zero-order valence-electron chi connectivity index (χ0n) is 10.2. The van der Waals surface area contributed by atoms with Gasteiger partial charge < -0.3 is 5.73 Å². The van der Waals surface area contributed by atoms with Gasteiger partial charge in [0, 0.05) is 6.20 Å². The Hall–Kier alpha value is -1.15. The number of hydrogen-bond acceptors (Lipinski definition) is 6. The minimum atomic E-state index is 0.416. The van der Waals surface area contributed by atoms with E-state index in [0.717, 1.165) is 27.4 Å². The number of rotatable bonds is 3. The van der Waals surface area contributed by atoms with Crippen LogP contribution in [0, 0.1) is 0 Å². The molecule has 1 fully saturated rings. The zero-order valence-corrected chi connectivity index (χ0v) is 12.6. The molecule has 100 valence electrons. The number of halogens is 1. The first-order chi connectivity index (χ1) is 9.25. The monoisotopic (exact) mass is 340 g/mol. The molecule has 3 rings (SSSR count). The third kappa shape index (κ3) is 2.59. The van der Waals surface area contributed by atoms with Crippen molar-refractivity contribution in [1.29, 1.82) is 0 Å². The fourth-order valence-electron chi connectivity index (χ4n) is 2.27. The number of aromatic nitrogens is 5. The van der Waals surface area contributed by atoms with Crippen LogP contribution in [-0.4, -0.2) is 25.2 Å². The highest BCUT2D eigenvalue weighted by Crippen LogP contribution is 2.38. The summed E-state index contributed by atoms with van der Waals surface area (Å²) >= 11 is 4.94. The second-order valence-corrected chi connectivity index (χ2v) is 6.32. The zero-order chi connectivity index (χ0) is 13.2. The van der Waals surface area contributed by atoms with Gasteiger partial charge in [0.2, 0.25) is 5.16 Å². The third-order valence-corrected chi connectivity index (χ3v) is 5.18. The maximum atomic E-state index is 5.95. The molecule has 2 heterocycles. The van der Waals surface area contributed by atoms with Crippen LogP contribution in [0.3, 0.4) is 0 Å². The highest BCUT2D eigenvalue weighted by molar-refractivity contribution is 9.10. The van der Waals surface area contributed by atoms with Crippen LogP contribution in [-0.2, 0) is 0 Å². The van der Waals surface area contributed by atoms with E-state index in [4.69, 9.17) is 5.73 Å². The van der Waals surface area contributed by atoms with Crippen molar-refractivity contribution in [3.8, 4) is 0 Å². The van der Waals surface area contributed by atoms with Crippen LogP contribution in [0.25, 0.3) is 0 Å². The predicted octanol–water partition coefficient (Wildman–Crippen LogP) is 2.68. The lowest BCUT2D eigenvalue weighted by Crippen LogP contribution is -2.08. The van der Waals surface area contributed by atoms with Gasteiger partial charge in [-0.2, -0.15) is 0 Å². The Morgan fingerprint density at radius 3 is 2.84 bits per heavy atom. The molecule has 0 amide bonds. The molecule has 0 spiro atoms. The van der Waals surface area contributed by atoms with E-state index in [-0.39, 0.29) is 0 Å². The smallest absolute Gasteiger partial charge is 0.214 e. The van der Waals surface area contributed by atoms with E-state index in [1.807, 2.05) is 4.68 Å². The maximum Gasteiger partial charge on any atom is 0.214 e. The Balaban J connectivity index is 1.89. The molecule has 0 saturated heterocycles. The van der Waals surface area contributed by atoms with Gasteiger partial charge in [0.15, 0.2) is 0 Å². The summed E-state index contributed by atoms with van der Waals surface area (Å²) in [5.74, 6) is 0. The SMILES string of the molecule is Nc1cncc(Br)c1Sc1nnnn1C1CCCC1. The molecule has 19 heavy (non-hydrogen) atoms. The Bertz CT molecular complexity index is 560. The quantitative estimate of drug-likeness (QED) is 0.924. The number of anilines is 1. The molecule has 0 unspecified atom stereocenters. The molecule has 0 bridgehead atoms. The first-order valence-corrected chi connectivity index (χ1v) is 7.71. The van der Waals surface area contributed by atoms with E-state index < -0.39 is 0 Å². The van der Waals surface area contributed by atoms with Crippen LogP contribution >= 0.6 is 27.7 Å². The van der Waals surface area contributed by atoms with Gasteiger partial charge in [-0.05, 0) is 51.0 Å². The lowest BCUT2D eigenvalue weighted by molar-refractivity contribution is 0.423. The summed E-state index contributed by atoms with van der Waals surface area (Å²) in [5.41, 5.74) is 6.58. The van der Waals surface area contributed by atoms with Crippen LogP contribution in [0.4, 0.5) is 5.69 Å².